The van der Waals surface area contributed by atoms with Gasteiger partial charge in [-0.05, 0) is 17.7 Å². The van der Waals surface area contributed by atoms with Gasteiger partial charge in [-0.3, -0.25) is 9.59 Å². The largest absolute Gasteiger partial charge is 0.493 e. The fraction of sp³-hybridized carbons (Fsp3) is 0.200. The molecule has 1 aliphatic carbocycles. The Labute approximate surface area is 158 Å². The van der Waals surface area contributed by atoms with Crippen LogP contribution in [0.2, 0.25) is 0 Å². The third kappa shape index (κ3) is 3.00. The van der Waals surface area contributed by atoms with Crippen LogP contribution in [0.5, 0.6) is 17.2 Å². The van der Waals surface area contributed by atoms with E-state index in [1.165, 1.54) is 57.7 Å². The Morgan fingerprint density at radius 2 is 1.29 bits per heavy atom. The second-order valence-corrected chi connectivity index (χ2v) is 5.87. The highest BCUT2D eigenvalue weighted by molar-refractivity contribution is 6.41. The molecule has 5 nitrogen and oxygen atoms in total. The Bertz CT molecular complexity index is 980. The summed E-state index contributed by atoms with van der Waals surface area (Å²) in [5.74, 6) is -1.89. The first-order valence-electron chi connectivity index (χ1n) is 8.04. The number of ketones is 2. The standard InChI is InChI=1S/C20H15F3O5/c1-26-13-8-10(9-14(27-2)19(13)28-3)15-16(20(21,22)23)18(25)12-7-5-4-6-11(12)17(15)24/h4-9H,1-3H3. The number of carbonyl (C=O) groups excluding carboxylic acids is 2. The number of hydrogen-bond donors (Lipinski definition) is 0. The average molecular weight is 392 g/mol. The highest BCUT2D eigenvalue weighted by Gasteiger charge is 2.47. The van der Waals surface area contributed by atoms with E-state index in [2.05, 4.69) is 0 Å². The van der Waals surface area contributed by atoms with Gasteiger partial charge in [0.05, 0.1) is 21.3 Å². The van der Waals surface area contributed by atoms with Crippen molar-refractivity contribution in [2.24, 2.45) is 0 Å². The maximum Gasteiger partial charge on any atom is 0.420 e. The summed E-state index contributed by atoms with van der Waals surface area (Å²) in [5.41, 5.74) is -2.81. The van der Waals surface area contributed by atoms with E-state index in [9.17, 15) is 22.8 Å². The number of halogens is 3. The van der Waals surface area contributed by atoms with Gasteiger partial charge in [-0.2, -0.15) is 13.2 Å². The first kappa shape index (κ1) is 19.5. The Morgan fingerprint density at radius 3 is 1.71 bits per heavy atom. The van der Waals surface area contributed by atoms with Gasteiger partial charge < -0.3 is 14.2 Å². The number of alkyl halides is 3. The molecule has 0 saturated carbocycles. The van der Waals surface area contributed by atoms with Crippen LogP contribution in [0, 0.1) is 0 Å². The quantitative estimate of drug-likeness (QED) is 0.784. The summed E-state index contributed by atoms with van der Waals surface area (Å²) in [6, 6.07) is 7.83. The molecule has 0 saturated heterocycles. The van der Waals surface area contributed by atoms with Crippen LogP contribution < -0.4 is 14.2 Å². The molecular formula is C20H15F3O5. The second kappa shape index (κ2) is 7.03. The van der Waals surface area contributed by atoms with E-state index in [4.69, 9.17) is 14.2 Å². The van der Waals surface area contributed by atoms with Crippen LogP contribution >= 0.6 is 0 Å². The van der Waals surface area contributed by atoms with Gasteiger partial charge in [0, 0.05) is 16.7 Å². The van der Waals surface area contributed by atoms with Crippen molar-refractivity contribution < 1.29 is 37.0 Å². The molecular weight excluding hydrogens is 377 g/mol. The predicted octanol–water partition coefficient (Wildman–Crippen LogP) is 4.11. The van der Waals surface area contributed by atoms with Crippen LogP contribution in [-0.2, 0) is 0 Å². The molecule has 8 heteroatoms. The van der Waals surface area contributed by atoms with E-state index in [-0.39, 0.29) is 33.9 Å². The van der Waals surface area contributed by atoms with Crippen LogP contribution in [0.1, 0.15) is 26.3 Å². The summed E-state index contributed by atoms with van der Waals surface area (Å²) in [6.07, 6.45) is -5.03. The van der Waals surface area contributed by atoms with E-state index >= 15 is 0 Å². The molecule has 0 unspecified atom stereocenters. The van der Waals surface area contributed by atoms with E-state index < -0.39 is 28.9 Å². The van der Waals surface area contributed by atoms with Crippen molar-refractivity contribution in [1.82, 2.24) is 0 Å². The summed E-state index contributed by atoms with van der Waals surface area (Å²) in [6.45, 7) is 0. The maximum atomic E-state index is 13.8. The van der Waals surface area contributed by atoms with Gasteiger partial charge in [0.15, 0.2) is 23.1 Å². The van der Waals surface area contributed by atoms with Crippen molar-refractivity contribution in [2.45, 2.75) is 6.18 Å². The number of methoxy groups -OCH3 is 3. The fourth-order valence-electron chi connectivity index (χ4n) is 3.15. The van der Waals surface area contributed by atoms with Crippen molar-refractivity contribution in [3.8, 4) is 17.2 Å². The zero-order chi connectivity index (χ0) is 20.6. The molecule has 0 bridgehead atoms. The molecule has 0 aliphatic heterocycles. The van der Waals surface area contributed by atoms with Crippen molar-refractivity contribution in [3.05, 3.63) is 58.7 Å². The molecule has 146 valence electrons. The van der Waals surface area contributed by atoms with Crippen molar-refractivity contribution in [2.75, 3.05) is 21.3 Å². The summed E-state index contributed by atoms with van der Waals surface area (Å²) >= 11 is 0. The third-order valence-corrected chi connectivity index (χ3v) is 4.36. The SMILES string of the molecule is COc1cc(C2=C(C(F)(F)F)C(=O)c3ccccc3C2=O)cc(OC)c1OC. The minimum atomic E-state index is -5.03. The number of fused-ring (bicyclic) bond motifs is 1. The van der Waals surface area contributed by atoms with Gasteiger partial charge in [0.25, 0.3) is 0 Å². The van der Waals surface area contributed by atoms with E-state index in [0.29, 0.717) is 0 Å². The van der Waals surface area contributed by atoms with Crippen LogP contribution in [0.25, 0.3) is 5.57 Å². The first-order chi connectivity index (χ1) is 13.2. The van der Waals surface area contributed by atoms with Crippen molar-refractivity contribution >= 4 is 17.1 Å². The lowest BCUT2D eigenvalue weighted by Gasteiger charge is -2.23. The van der Waals surface area contributed by atoms with Gasteiger partial charge in [0.1, 0.15) is 5.57 Å². The molecule has 28 heavy (non-hydrogen) atoms. The molecule has 0 amide bonds. The minimum Gasteiger partial charge on any atom is -0.493 e. The first-order valence-corrected chi connectivity index (χ1v) is 8.04. The van der Waals surface area contributed by atoms with E-state index in [1.807, 2.05) is 0 Å². The minimum absolute atomic E-state index is 0.0602. The smallest absolute Gasteiger partial charge is 0.420 e. The number of Topliss-reactive ketones (excluding diaryl/α,β-unsaturated/α-hetero) is 2. The Morgan fingerprint density at radius 1 is 0.786 bits per heavy atom. The molecule has 2 aromatic rings. The lowest BCUT2D eigenvalue weighted by Crippen LogP contribution is -2.30. The Balaban J connectivity index is 2.37. The Hall–Kier alpha value is -3.29. The van der Waals surface area contributed by atoms with Crippen LogP contribution in [-0.4, -0.2) is 39.1 Å². The zero-order valence-corrected chi connectivity index (χ0v) is 15.1. The number of ether oxygens (including phenoxy) is 3. The van der Waals surface area contributed by atoms with Crippen molar-refractivity contribution in [3.63, 3.8) is 0 Å². The molecule has 2 aromatic carbocycles. The van der Waals surface area contributed by atoms with Gasteiger partial charge >= 0.3 is 6.18 Å². The number of allylic oxidation sites excluding steroid dienone is 2. The molecule has 0 spiro atoms. The summed E-state index contributed by atoms with van der Waals surface area (Å²) in [5, 5.41) is 0. The molecule has 0 N–H and O–H groups in total. The second-order valence-electron chi connectivity index (χ2n) is 5.87. The maximum absolute atomic E-state index is 13.8. The van der Waals surface area contributed by atoms with Gasteiger partial charge in [-0.25, -0.2) is 0 Å². The van der Waals surface area contributed by atoms with E-state index in [1.54, 1.807) is 0 Å². The van der Waals surface area contributed by atoms with Gasteiger partial charge in [-0.1, -0.05) is 24.3 Å². The lowest BCUT2D eigenvalue weighted by atomic mass is 9.80. The topological polar surface area (TPSA) is 61.8 Å². The highest BCUT2D eigenvalue weighted by Crippen LogP contribution is 2.45. The number of hydrogen-bond acceptors (Lipinski definition) is 5. The van der Waals surface area contributed by atoms with Gasteiger partial charge in [-0.15, -0.1) is 0 Å². The average Bonchev–Trinajstić information content (AvgIpc) is 2.68. The Kier molecular flexibility index (Phi) is 4.89. The van der Waals surface area contributed by atoms with Gasteiger partial charge in [0.2, 0.25) is 5.75 Å². The molecule has 1 aliphatic rings. The summed E-state index contributed by atoms with van der Waals surface area (Å²) in [7, 11) is 3.93. The number of benzene rings is 2. The summed E-state index contributed by atoms with van der Waals surface area (Å²) < 4.78 is 56.8. The van der Waals surface area contributed by atoms with Crippen LogP contribution in [0.4, 0.5) is 13.2 Å². The third-order valence-electron chi connectivity index (χ3n) is 4.36. The monoisotopic (exact) mass is 392 g/mol. The predicted molar refractivity (Wildman–Crippen MR) is 94.2 cm³/mol. The molecule has 0 heterocycles. The number of carbonyl (C=O) groups is 2. The molecule has 0 atom stereocenters. The molecule has 3 rings (SSSR count). The van der Waals surface area contributed by atoms with E-state index in [0.717, 1.165) is 0 Å². The fourth-order valence-corrected chi connectivity index (χ4v) is 3.15. The molecule has 0 fully saturated rings. The lowest BCUT2D eigenvalue weighted by molar-refractivity contribution is -0.0883. The molecule has 0 radical (unpaired) electrons. The molecule has 0 aromatic heterocycles. The van der Waals surface area contributed by atoms with Crippen LogP contribution in [0.15, 0.2) is 42.0 Å². The van der Waals surface area contributed by atoms with Crippen LogP contribution in [0.3, 0.4) is 0 Å². The zero-order valence-electron chi connectivity index (χ0n) is 15.1. The van der Waals surface area contributed by atoms with Crippen molar-refractivity contribution in [1.29, 1.82) is 0 Å². The number of rotatable bonds is 4. The normalized spacial score (nSPS) is 14.1. The summed E-state index contributed by atoms with van der Waals surface area (Å²) in [4.78, 5) is 25.6. The highest BCUT2D eigenvalue weighted by atomic mass is 19.4.